The van der Waals surface area contributed by atoms with Gasteiger partial charge in [0.25, 0.3) is 5.91 Å². The van der Waals surface area contributed by atoms with E-state index in [1.165, 1.54) is 6.07 Å². The standard InChI is InChI=1S/C35H39FN6O2/c1-5-23-9-14-28-29(19-23)34(32-30(36)7-6-8-31(32)44-4)37-20-25-21-42(39-33(25)28)22-38-26-12-10-24(11-13-26)35(43)41-17-15-27(16-18-41)40(2)3/h6-14,19,21,27,38H,5,15-18,20,22H2,1-4H3. The van der Waals surface area contributed by atoms with Gasteiger partial charge in [-0.25, -0.2) is 4.39 Å². The van der Waals surface area contributed by atoms with Crippen LogP contribution in [0.25, 0.3) is 11.3 Å². The van der Waals surface area contributed by atoms with Crippen molar-refractivity contribution in [1.82, 2.24) is 19.6 Å². The Labute approximate surface area is 258 Å². The third-order valence-electron chi connectivity index (χ3n) is 8.74. The first-order chi connectivity index (χ1) is 21.4. The lowest BCUT2D eigenvalue weighted by Crippen LogP contribution is -2.44. The Morgan fingerprint density at radius 2 is 1.84 bits per heavy atom. The zero-order valence-corrected chi connectivity index (χ0v) is 25.8. The van der Waals surface area contributed by atoms with Gasteiger partial charge in [0.15, 0.2) is 0 Å². The van der Waals surface area contributed by atoms with E-state index in [1.54, 1.807) is 19.2 Å². The summed E-state index contributed by atoms with van der Waals surface area (Å²) in [5, 5.41) is 8.35. The summed E-state index contributed by atoms with van der Waals surface area (Å²) in [4.78, 5) is 22.2. The number of aryl methyl sites for hydroxylation is 1. The Balaban J connectivity index is 1.19. The van der Waals surface area contributed by atoms with Gasteiger partial charge in [0.2, 0.25) is 0 Å². The number of likely N-dealkylation sites (tertiary alicyclic amines) is 1. The normalized spacial score (nSPS) is 15.0. The monoisotopic (exact) mass is 594 g/mol. The zero-order chi connectivity index (χ0) is 30.8. The fourth-order valence-electron chi connectivity index (χ4n) is 6.14. The van der Waals surface area contributed by atoms with E-state index < -0.39 is 0 Å². The van der Waals surface area contributed by atoms with Crippen LogP contribution in [0.15, 0.2) is 71.9 Å². The highest BCUT2D eigenvalue weighted by molar-refractivity contribution is 6.18. The van der Waals surface area contributed by atoms with E-state index >= 15 is 4.39 Å². The maximum atomic E-state index is 15.2. The molecule has 44 heavy (non-hydrogen) atoms. The smallest absolute Gasteiger partial charge is 0.253 e. The van der Waals surface area contributed by atoms with Gasteiger partial charge in [0.1, 0.15) is 18.2 Å². The summed E-state index contributed by atoms with van der Waals surface area (Å²) in [5.74, 6) is 0.167. The first kappa shape index (κ1) is 29.6. The molecule has 3 aromatic carbocycles. The van der Waals surface area contributed by atoms with Crippen LogP contribution in [0.3, 0.4) is 0 Å². The minimum Gasteiger partial charge on any atom is -0.496 e. The van der Waals surface area contributed by atoms with Crippen LogP contribution in [0.4, 0.5) is 10.1 Å². The van der Waals surface area contributed by atoms with Gasteiger partial charge in [-0.05, 0) is 81.4 Å². The van der Waals surface area contributed by atoms with Gasteiger partial charge in [0.05, 0.1) is 30.6 Å². The molecule has 1 aromatic heterocycles. The van der Waals surface area contributed by atoms with E-state index in [4.69, 9.17) is 14.8 Å². The molecule has 0 radical (unpaired) electrons. The van der Waals surface area contributed by atoms with Crippen LogP contribution in [0.1, 0.15) is 52.4 Å². The molecule has 1 amide bonds. The first-order valence-corrected chi connectivity index (χ1v) is 15.2. The highest BCUT2D eigenvalue weighted by Gasteiger charge is 2.27. The minimum absolute atomic E-state index is 0.0856. The van der Waals surface area contributed by atoms with Crippen molar-refractivity contribution in [2.24, 2.45) is 4.99 Å². The molecule has 0 spiro atoms. The average Bonchev–Trinajstić information content (AvgIpc) is 3.40. The summed E-state index contributed by atoms with van der Waals surface area (Å²) in [5.41, 5.74) is 7.22. The van der Waals surface area contributed by atoms with Crippen LogP contribution >= 0.6 is 0 Å². The number of fused-ring (bicyclic) bond motifs is 3. The number of hydrogen-bond donors (Lipinski definition) is 1. The van der Waals surface area contributed by atoms with Gasteiger partial charge in [-0.1, -0.05) is 25.1 Å². The van der Waals surface area contributed by atoms with Crippen molar-refractivity contribution in [3.8, 4) is 17.0 Å². The molecule has 228 valence electrons. The van der Waals surface area contributed by atoms with Gasteiger partial charge in [-0.3, -0.25) is 14.5 Å². The maximum absolute atomic E-state index is 15.2. The molecule has 0 saturated carbocycles. The van der Waals surface area contributed by atoms with Crippen molar-refractivity contribution in [1.29, 1.82) is 0 Å². The van der Waals surface area contributed by atoms with Crippen LogP contribution in [0.5, 0.6) is 5.75 Å². The van der Waals surface area contributed by atoms with Crippen molar-refractivity contribution < 1.29 is 13.9 Å². The molecule has 6 rings (SSSR count). The maximum Gasteiger partial charge on any atom is 0.253 e. The lowest BCUT2D eigenvalue weighted by Gasteiger charge is -2.35. The second-order valence-corrected chi connectivity index (χ2v) is 11.7. The quantitative estimate of drug-likeness (QED) is 0.277. The molecule has 0 bridgehead atoms. The Hall–Kier alpha value is -4.50. The molecule has 9 heteroatoms. The van der Waals surface area contributed by atoms with Gasteiger partial charge in [0, 0.05) is 53.3 Å². The Bertz CT molecular complexity index is 1690. The molecular weight excluding hydrogens is 555 g/mol. The van der Waals surface area contributed by atoms with E-state index in [0.29, 0.717) is 41.8 Å². The van der Waals surface area contributed by atoms with E-state index in [1.807, 2.05) is 40.0 Å². The number of hydrogen-bond acceptors (Lipinski definition) is 6. The van der Waals surface area contributed by atoms with Crippen molar-refractivity contribution in [3.63, 3.8) is 0 Å². The van der Waals surface area contributed by atoms with E-state index in [-0.39, 0.29) is 11.7 Å². The SMILES string of the molecule is CCc1ccc2c(c1)C(c1c(F)cccc1OC)=NCc1cn(CNc3ccc(C(=O)N4CCC(N(C)C)CC4)cc3)nc1-2. The van der Waals surface area contributed by atoms with Crippen molar-refractivity contribution in [3.05, 3.63) is 100 Å². The second-order valence-electron chi connectivity index (χ2n) is 11.7. The number of carbonyl (C=O) groups is 1. The van der Waals surface area contributed by atoms with E-state index in [9.17, 15) is 4.79 Å². The highest BCUT2D eigenvalue weighted by atomic mass is 19.1. The molecule has 2 aliphatic heterocycles. The number of aromatic nitrogens is 2. The molecule has 2 aliphatic rings. The van der Waals surface area contributed by atoms with Gasteiger partial charge < -0.3 is 19.9 Å². The third-order valence-corrected chi connectivity index (χ3v) is 8.74. The molecule has 1 saturated heterocycles. The van der Waals surface area contributed by atoms with E-state index in [0.717, 1.165) is 66.0 Å². The molecule has 0 atom stereocenters. The summed E-state index contributed by atoms with van der Waals surface area (Å²) < 4.78 is 22.6. The number of piperidine rings is 1. The molecule has 4 aromatic rings. The minimum atomic E-state index is -0.369. The van der Waals surface area contributed by atoms with Gasteiger partial charge >= 0.3 is 0 Å². The second kappa shape index (κ2) is 12.6. The number of benzene rings is 3. The molecule has 0 aliphatic carbocycles. The van der Waals surface area contributed by atoms with Crippen LogP contribution in [-0.4, -0.2) is 71.5 Å². The van der Waals surface area contributed by atoms with Gasteiger partial charge in [-0.2, -0.15) is 5.10 Å². The van der Waals surface area contributed by atoms with Crippen molar-refractivity contribution in [2.45, 2.75) is 45.4 Å². The Morgan fingerprint density at radius 3 is 2.55 bits per heavy atom. The van der Waals surface area contributed by atoms with Crippen molar-refractivity contribution >= 4 is 17.3 Å². The largest absolute Gasteiger partial charge is 0.496 e. The molecule has 1 fully saturated rings. The van der Waals surface area contributed by atoms with Crippen LogP contribution < -0.4 is 10.1 Å². The lowest BCUT2D eigenvalue weighted by atomic mass is 9.92. The number of anilines is 1. The number of halogens is 1. The third kappa shape index (κ3) is 5.84. The topological polar surface area (TPSA) is 75.0 Å². The first-order valence-electron chi connectivity index (χ1n) is 15.2. The summed E-state index contributed by atoms with van der Waals surface area (Å²) in [7, 11) is 5.75. The number of carbonyl (C=O) groups excluding carboxylic acids is 1. The Morgan fingerprint density at radius 1 is 1.07 bits per heavy atom. The summed E-state index contributed by atoms with van der Waals surface area (Å²) in [6.07, 6.45) is 4.83. The highest BCUT2D eigenvalue weighted by Crippen LogP contribution is 2.35. The number of nitrogens with zero attached hydrogens (tertiary/aromatic N) is 5. The van der Waals surface area contributed by atoms with Crippen molar-refractivity contribution in [2.75, 3.05) is 39.6 Å². The molecule has 3 heterocycles. The number of ether oxygens (including phenoxy) is 1. The van der Waals surface area contributed by atoms with Crippen LogP contribution in [0.2, 0.25) is 0 Å². The number of methoxy groups -OCH3 is 1. The average molecular weight is 595 g/mol. The number of nitrogens with one attached hydrogen (secondary N) is 1. The Kier molecular flexibility index (Phi) is 8.48. The number of amides is 1. The molecule has 8 nitrogen and oxygen atoms in total. The predicted molar refractivity (Wildman–Crippen MR) is 172 cm³/mol. The van der Waals surface area contributed by atoms with Crippen LogP contribution in [0, 0.1) is 5.82 Å². The molecular formula is C35H39FN6O2. The number of aliphatic imine (C=N–C) groups is 1. The number of rotatable bonds is 8. The van der Waals surface area contributed by atoms with E-state index in [2.05, 4.69) is 49.4 Å². The summed E-state index contributed by atoms with van der Waals surface area (Å²) in [6, 6.07) is 19.3. The fourth-order valence-corrected chi connectivity index (χ4v) is 6.14. The molecule has 1 N–H and O–H groups in total. The predicted octanol–water partition coefficient (Wildman–Crippen LogP) is 5.85. The fraction of sp³-hybridized carbons (Fsp3) is 0.343. The lowest BCUT2D eigenvalue weighted by molar-refractivity contribution is 0.0663. The zero-order valence-electron chi connectivity index (χ0n) is 25.8. The van der Waals surface area contributed by atoms with Gasteiger partial charge in [-0.15, -0.1) is 0 Å². The van der Waals surface area contributed by atoms with Crippen LogP contribution in [-0.2, 0) is 19.6 Å². The summed E-state index contributed by atoms with van der Waals surface area (Å²) >= 11 is 0. The molecule has 0 unspecified atom stereocenters. The summed E-state index contributed by atoms with van der Waals surface area (Å²) in [6.45, 7) is 4.47.